The molecule has 0 unspecified atom stereocenters. The van der Waals surface area contributed by atoms with Crippen LogP contribution in [0.5, 0.6) is 0 Å². The quantitative estimate of drug-likeness (QED) is 0.750. The fraction of sp³-hybridized carbons (Fsp3) is 0.895. The molecule has 0 bridgehead atoms. The van der Waals surface area contributed by atoms with Crippen LogP contribution in [0.2, 0.25) is 0 Å². The molecule has 0 spiro atoms. The van der Waals surface area contributed by atoms with Crippen molar-refractivity contribution >= 4 is 12.0 Å². The molecule has 0 aromatic heterocycles. The first kappa shape index (κ1) is 19.4. The molecule has 2 aliphatic heterocycles. The number of fused-ring (bicyclic) bond motifs is 1. The lowest BCUT2D eigenvalue weighted by molar-refractivity contribution is -0.126. The van der Waals surface area contributed by atoms with Crippen LogP contribution in [-0.4, -0.2) is 55.6 Å². The summed E-state index contributed by atoms with van der Waals surface area (Å²) in [7, 11) is 0. The van der Waals surface area contributed by atoms with E-state index in [-0.39, 0.29) is 42.2 Å². The predicted octanol–water partition coefficient (Wildman–Crippen LogP) is 2.13. The Balaban J connectivity index is 1.47. The van der Waals surface area contributed by atoms with Crippen molar-refractivity contribution in [2.45, 2.75) is 89.2 Å². The summed E-state index contributed by atoms with van der Waals surface area (Å²) in [5, 5.41) is 6.00. The van der Waals surface area contributed by atoms with Gasteiger partial charge in [0.15, 0.2) is 6.10 Å². The van der Waals surface area contributed by atoms with E-state index in [1.807, 2.05) is 13.8 Å². The number of nitrogens with one attached hydrogen (secondary N) is 2. The molecule has 2 saturated heterocycles. The zero-order chi connectivity index (χ0) is 18.5. The largest absolute Gasteiger partial charge is 0.441 e. The third kappa shape index (κ3) is 4.49. The Kier molecular flexibility index (Phi) is 6.75. The Labute approximate surface area is 155 Å². The van der Waals surface area contributed by atoms with Gasteiger partial charge in [-0.25, -0.2) is 4.79 Å². The van der Waals surface area contributed by atoms with E-state index in [2.05, 4.69) is 10.6 Å². The molecule has 26 heavy (non-hydrogen) atoms. The first-order chi connectivity index (χ1) is 12.6. The normalized spacial score (nSPS) is 31.7. The van der Waals surface area contributed by atoms with Crippen molar-refractivity contribution < 1.29 is 23.8 Å². The van der Waals surface area contributed by atoms with Crippen molar-refractivity contribution in [1.82, 2.24) is 10.6 Å². The number of hydrogen-bond donors (Lipinski definition) is 2. The summed E-state index contributed by atoms with van der Waals surface area (Å²) in [6.45, 7) is 4.74. The van der Waals surface area contributed by atoms with Gasteiger partial charge in [0.1, 0.15) is 12.2 Å². The van der Waals surface area contributed by atoms with E-state index in [1.165, 1.54) is 6.42 Å². The van der Waals surface area contributed by atoms with Crippen molar-refractivity contribution in [2.75, 3.05) is 13.2 Å². The molecule has 7 nitrogen and oxygen atoms in total. The second kappa shape index (κ2) is 9.04. The fourth-order valence-electron chi connectivity index (χ4n) is 4.23. The number of hydrogen-bond acceptors (Lipinski definition) is 5. The van der Waals surface area contributed by atoms with Crippen LogP contribution in [0.3, 0.4) is 0 Å². The summed E-state index contributed by atoms with van der Waals surface area (Å²) in [6, 6.07) is 0.0361. The zero-order valence-electron chi connectivity index (χ0n) is 15.9. The fourth-order valence-corrected chi connectivity index (χ4v) is 4.23. The van der Waals surface area contributed by atoms with E-state index >= 15 is 0 Å². The van der Waals surface area contributed by atoms with Crippen LogP contribution in [0, 0.1) is 5.92 Å². The van der Waals surface area contributed by atoms with Gasteiger partial charge in [-0.1, -0.05) is 33.1 Å². The first-order valence-corrected chi connectivity index (χ1v) is 10.1. The first-order valence-electron chi connectivity index (χ1n) is 10.1. The Morgan fingerprint density at radius 2 is 1.69 bits per heavy atom. The summed E-state index contributed by atoms with van der Waals surface area (Å²) in [4.78, 5) is 24.5. The highest BCUT2D eigenvalue weighted by Crippen LogP contribution is 2.29. The highest BCUT2D eigenvalue weighted by Gasteiger charge is 2.50. The lowest BCUT2D eigenvalue weighted by atomic mass is 9.96. The highest BCUT2D eigenvalue weighted by atomic mass is 16.6. The minimum atomic E-state index is -0.418. The number of amides is 2. The van der Waals surface area contributed by atoms with Gasteiger partial charge < -0.3 is 24.8 Å². The van der Waals surface area contributed by atoms with E-state index in [0.29, 0.717) is 13.2 Å². The summed E-state index contributed by atoms with van der Waals surface area (Å²) in [6.07, 6.45) is 5.86. The Bertz CT molecular complexity index is 490. The molecule has 2 amide bonds. The second-order valence-corrected chi connectivity index (χ2v) is 7.65. The molecule has 1 saturated carbocycles. The van der Waals surface area contributed by atoms with Gasteiger partial charge in [-0.15, -0.1) is 0 Å². The van der Waals surface area contributed by atoms with Crippen LogP contribution in [0.15, 0.2) is 0 Å². The molecular weight excluding hydrogens is 336 g/mol. The van der Waals surface area contributed by atoms with Crippen LogP contribution < -0.4 is 10.6 Å². The maximum atomic E-state index is 12.3. The zero-order valence-corrected chi connectivity index (χ0v) is 15.9. The third-order valence-corrected chi connectivity index (χ3v) is 5.88. The van der Waals surface area contributed by atoms with E-state index in [4.69, 9.17) is 14.2 Å². The van der Waals surface area contributed by atoms with Crippen molar-refractivity contribution in [3.8, 4) is 0 Å². The van der Waals surface area contributed by atoms with E-state index in [1.54, 1.807) is 0 Å². The van der Waals surface area contributed by atoms with E-state index in [9.17, 15) is 9.59 Å². The topological polar surface area (TPSA) is 85.9 Å². The second-order valence-electron chi connectivity index (χ2n) is 7.65. The molecule has 2 N–H and O–H groups in total. The van der Waals surface area contributed by atoms with Gasteiger partial charge >= 0.3 is 6.09 Å². The lowest BCUT2D eigenvalue weighted by Gasteiger charge is -2.24. The van der Waals surface area contributed by atoms with Crippen LogP contribution >= 0.6 is 0 Å². The maximum absolute atomic E-state index is 12.3. The third-order valence-electron chi connectivity index (χ3n) is 5.88. The summed E-state index contributed by atoms with van der Waals surface area (Å²) < 4.78 is 17.2. The molecular formula is C19H32N2O5. The Hall–Kier alpha value is -1.34. The number of carbonyl (C=O) groups excluding carboxylic acids is 2. The standard InChI is InChI=1S/C19H32N2O5/c1-3-12(4-2)18(22)21-14-10-24-17-15(11-25-16(14)17)26-19(23)20-13-8-6-5-7-9-13/h12-17H,3-11H2,1-2H3,(H,20,23)(H,21,22)/t14-,15+,16+,17+/m0/s1. The number of carbonyl (C=O) groups is 2. The Morgan fingerprint density at radius 1 is 1.00 bits per heavy atom. The van der Waals surface area contributed by atoms with Gasteiger partial charge in [0, 0.05) is 12.0 Å². The molecule has 1 aliphatic carbocycles. The highest BCUT2D eigenvalue weighted by molar-refractivity contribution is 5.79. The Morgan fingerprint density at radius 3 is 2.38 bits per heavy atom. The summed E-state index contributed by atoms with van der Waals surface area (Å²) in [5.74, 6) is 0.0658. The molecule has 2 heterocycles. The number of ether oxygens (including phenoxy) is 3. The number of rotatable bonds is 6. The summed E-state index contributed by atoms with van der Waals surface area (Å²) >= 11 is 0. The molecule has 148 valence electrons. The van der Waals surface area contributed by atoms with Crippen molar-refractivity contribution in [1.29, 1.82) is 0 Å². The van der Waals surface area contributed by atoms with Crippen molar-refractivity contribution in [3.63, 3.8) is 0 Å². The van der Waals surface area contributed by atoms with Crippen LogP contribution in [0.1, 0.15) is 58.8 Å². The molecule has 0 aromatic carbocycles. The van der Waals surface area contributed by atoms with Gasteiger partial charge in [-0.2, -0.15) is 0 Å². The van der Waals surface area contributed by atoms with Crippen LogP contribution in [0.4, 0.5) is 4.79 Å². The smallest absolute Gasteiger partial charge is 0.407 e. The average Bonchev–Trinajstić information content (AvgIpc) is 3.21. The molecule has 0 aromatic rings. The molecule has 4 atom stereocenters. The lowest BCUT2D eigenvalue weighted by Crippen LogP contribution is -2.46. The predicted molar refractivity (Wildman–Crippen MR) is 95.8 cm³/mol. The van der Waals surface area contributed by atoms with Gasteiger partial charge in [0.25, 0.3) is 0 Å². The van der Waals surface area contributed by atoms with Crippen molar-refractivity contribution in [2.24, 2.45) is 5.92 Å². The van der Waals surface area contributed by atoms with Gasteiger partial charge in [-0.3, -0.25) is 4.79 Å². The minimum absolute atomic E-state index is 0.0174. The van der Waals surface area contributed by atoms with Crippen molar-refractivity contribution in [3.05, 3.63) is 0 Å². The molecule has 3 rings (SSSR count). The number of alkyl carbamates (subject to hydrolysis) is 1. The van der Waals surface area contributed by atoms with Gasteiger partial charge in [0.2, 0.25) is 5.91 Å². The molecule has 7 heteroatoms. The molecule has 0 radical (unpaired) electrons. The monoisotopic (exact) mass is 368 g/mol. The van der Waals surface area contributed by atoms with Gasteiger partial charge in [-0.05, 0) is 25.7 Å². The van der Waals surface area contributed by atoms with E-state index < -0.39 is 6.10 Å². The maximum Gasteiger partial charge on any atom is 0.407 e. The molecule has 3 fully saturated rings. The summed E-state index contributed by atoms with van der Waals surface area (Å²) in [5.41, 5.74) is 0. The molecule has 3 aliphatic rings. The average molecular weight is 368 g/mol. The van der Waals surface area contributed by atoms with Gasteiger partial charge in [0.05, 0.1) is 19.3 Å². The van der Waals surface area contributed by atoms with Crippen LogP contribution in [-0.2, 0) is 19.0 Å². The minimum Gasteiger partial charge on any atom is -0.441 e. The van der Waals surface area contributed by atoms with Crippen LogP contribution in [0.25, 0.3) is 0 Å². The van der Waals surface area contributed by atoms with E-state index in [0.717, 1.165) is 38.5 Å². The SMILES string of the molecule is CCC(CC)C(=O)N[C@H]1CO[C@H]2[C@@H]1OC[C@H]2OC(=O)NC1CCCCC1.